The van der Waals surface area contributed by atoms with E-state index in [1.54, 1.807) is 0 Å². The fourth-order valence-electron chi connectivity index (χ4n) is 3.73. The van der Waals surface area contributed by atoms with E-state index >= 15 is 0 Å². The zero-order valence-electron chi connectivity index (χ0n) is 18.1. The second-order valence-corrected chi connectivity index (χ2v) is 8.80. The first kappa shape index (κ1) is 22.1. The molecule has 1 saturated heterocycles. The van der Waals surface area contributed by atoms with E-state index in [1.165, 1.54) is 22.9 Å². The topological polar surface area (TPSA) is 78.1 Å². The third-order valence-electron chi connectivity index (χ3n) is 5.62. The van der Waals surface area contributed by atoms with Gasteiger partial charge in [0.05, 0.1) is 23.9 Å². The third kappa shape index (κ3) is 5.55. The van der Waals surface area contributed by atoms with Crippen molar-refractivity contribution in [3.8, 4) is 6.07 Å². The quantitative estimate of drug-likeness (QED) is 0.520. The average Bonchev–Trinajstić information content (AvgIpc) is 3.18. The van der Waals surface area contributed by atoms with E-state index in [0.717, 1.165) is 43.7 Å². The first-order chi connectivity index (χ1) is 15.6. The van der Waals surface area contributed by atoms with Crippen molar-refractivity contribution in [1.82, 2.24) is 24.6 Å². The standard InChI is InChI=1S/C24H26N6OS/c1-19-26-27-24(30(19)17-21-5-3-2-4-6-21)32-18-23(31)29-13-11-28(12-14-29)16-22-9-7-20(15-25)8-10-22/h2-10H,11-14,16-18H2,1H3. The molecule has 7 nitrogen and oxygen atoms in total. The SMILES string of the molecule is Cc1nnc(SCC(=O)N2CCN(Cc3ccc(C#N)cc3)CC2)n1Cc1ccccc1. The normalized spacial score (nSPS) is 14.3. The Kier molecular flexibility index (Phi) is 7.20. The Hall–Kier alpha value is -3.15. The van der Waals surface area contributed by atoms with Crippen LogP contribution in [-0.4, -0.2) is 62.4 Å². The first-order valence-corrected chi connectivity index (χ1v) is 11.7. The summed E-state index contributed by atoms with van der Waals surface area (Å²) in [7, 11) is 0. The van der Waals surface area contributed by atoms with Gasteiger partial charge in [-0.25, -0.2) is 0 Å². The number of nitriles is 1. The Morgan fingerprint density at radius 3 is 2.34 bits per heavy atom. The molecule has 164 valence electrons. The molecular weight excluding hydrogens is 420 g/mol. The van der Waals surface area contributed by atoms with Crippen molar-refractivity contribution in [2.45, 2.75) is 25.2 Å². The summed E-state index contributed by atoms with van der Waals surface area (Å²) in [5.74, 6) is 1.35. The summed E-state index contributed by atoms with van der Waals surface area (Å²) in [6, 6.07) is 20.1. The molecule has 2 heterocycles. The number of aromatic nitrogens is 3. The molecule has 0 aliphatic carbocycles. The molecule has 0 spiro atoms. The van der Waals surface area contributed by atoms with Crippen LogP contribution in [0.5, 0.6) is 0 Å². The lowest BCUT2D eigenvalue weighted by molar-refractivity contribution is -0.130. The molecule has 2 aromatic carbocycles. The van der Waals surface area contributed by atoms with Gasteiger partial charge in [-0.3, -0.25) is 9.69 Å². The third-order valence-corrected chi connectivity index (χ3v) is 6.58. The first-order valence-electron chi connectivity index (χ1n) is 10.7. The van der Waals surface area contributed by atoms with Gasteiger partial charge in [0.2, 0.25) is 5.91 Å². The summed E-state index contributed by atoms with van der Waals surface area (Å²) in [5, 5.41) is 18.2. The number of hydrogen-bond acceptors (Lipinski definition) is 6. The highest BCUT2D eigenvalue weighted by Crippen LogP contribution is 2.20. The Bertz CT molecular complexity index is 1080. The van der Waals surface area contributed by atoms with E-state index in [-0.39, 0.29) is 5.91 Å². The van der Waals surface area contributed by atoms with Gasteiger partial charge in [-0.1, -0.05) is 54.2 Å². The smallest absolute Gasteiger partial charge is 0.233 e. The number of carbonyl (C=O) groups is 1. The van der Waals surface area contributed by atoms with Crippen LogP contribution >= 0.6 is 11.8 Å². The van der Waals surface area contributed by atoms with Crippen LogP contribution in [0.3, 0.4) is 0 Å². The molecule has 1 fully saturated rings. The van der Waals surface area contributed by atoms with Crippen LogP contribution in [-0.2, 0) is 17.9 Å². The number of piperazine rings is 1. The van der Waals surface area contributed by atoms with Crippen LogP contribution in [0.15, 0.2) is 59.8 Å². The van der Waals surface area contributed by atoms with Crippen LogP contribution in [0.1, 0.15) is 22.5 Å². The average molecular weight is 447 g/mol. The van der Waals surface area contributed by atoms with E-state index in [2.05, 4.69) is 37.9 Å². The minimum Gasteiger partial charge on any atom is -0.339 e. The molecule has 1 aliphatic rings. The van der Waals surface area contributed by atoms with Crippen molar-refractivity contribution in [2.24, 2.45) is 0 Å². The summed E-state index contributed by atoms with van der Waals surface area (Å²) < 4.78 is 2.06. The van der Waals surface area contributed by atoms with E-state index < -0.39 is 0 Å². The lowest BCUT2D eigenvalue weighted by atomic mass is 10.1. The maximum atomic E-state index is 12.8. The zero-order chi connectivity index (χ0) is 22.3. The minimum absolute atomic E-state index is 0.139. The van der Waals surface area contributed by atoms with Gasteiger partial charge < -0.3 is 9.47 Å². The van der Waals surface area contributed by atoms with E-state index in [0.29, 0.717) is 17.9 Å². The predicted molar refractivity (Wildman–Crippen MR) is 124 cm³/mol. The van der Waals surface area contributed by atoms with Gasteiger partial charge in [0, 0.05) is 32.7 Å². The lowest BCUT2D eigenvalue weighted by Gasteiger charge is -2.34. The largest absolute Gasteiger partial charge is 0.339 e. The summed E-state index contributed by atoms with van der Waals surface area (Å²) in [5.41, 5.74) is 3.05. The Morgan fingerprint density at radius 2 is 1.66 bits per heavy atom. The number of aryl methyl sites for hydroxylation is 1. The Labute approximate surface area is 192 Å². The molecule has 3 aromatic rings. The van der Waals surface area contributed by atoms with Crippen molar-refractivity contribution < 1.29 is 4.79 Å². The van der Waals surface area contributed by atoms with E-state index in [1.807, 2.05) is 54.3 Å². The molecule has 0 radical (unpaired) electrons. The summed E-state index contributed by atoms with van der Waals surface area (Å²) >= 11 is 1.45. The number of amides is 1. The zero-order valence-corrected chi connectivity index (χ0v) is 19.0. The maximum absolute atomic E-state index is 12.8. The van der Waals surface area contributed by atoms with E-state index in [9.17, 15) is 4.79 Å². The molecule has 0 unspecified atom stereocenters. The Balaban J connectivity index is 1.26. The molecule has 0 N–H and O–H groups in total. The summed E-state index contributed by atoms with van der Waals surface area (Å²) in [4.78, 5) is 17.1. The summed E-state index contributed by atoms with van der Waals surface area (Å²) in [6.45, 7) is 6.62. The van der Waals surface area contributed by atoms with Crippen molar-refractivity contribution in [2.75, 3.05) is 31.9 Å². The number of hydrogen-bond donors (Lipinski definition) is 0. The summed E-state index contributed by atoms with van der Waals surface area (Å²) in [6.07, 6.45) is 0. The molecule has 0 bridgehead atoms. The van der Waals surface area contributed by atoms with E-state index in [4.69, 9.17) is 5.26 Å². The second-order valence-electron chi connectivity index (χ2n) is 7.86. The highest BCUT2D eigenvalue weighted by molar-refractivity contribution is 7.99. The van der Waals surface area contributed by atoms with Crippen LogP contribution in [0, 0.1) is 18.3 Å². The van der Waals surface area contributed by atoms with Crippen LogP contribution in [0.25, 0.3) is 0 Å². The number of thioether (sulfide) groups is 1. The van der Waals surface area contributed by atoms with Crippen molar-refractivity contribution in [3.63, 3.8) is 0 Å². The van der Waals surface area contributed by atoms with Gasteiger partial charge in [0.25, 0.3) is 0 Å². The van der Waals surface area contributed by atoms with Gasteiger partial charge >= 0.3 is 0 Å². The van der Waals surface area contributed by atoms with Gasteiger partial charge in [-0.2, -0.15) is 5.26 Å². The number of carbonyl (C=O) groups excluding carboxylic acids is 1. The molecule has 1 amide bonds. The van der Waals surface area contributed by atoms with Crippen molar-refractivity contribution >= 4 is 17.7 Å². The molecule has 1 aromatic heterocycles. The molecule has 0 saturated carbocycles. The van der Waals surface area contributed by atoms with Crippen molar-refractivity contribution in [3.05, 3.63) is 77.1 Å². The number of benzene rings is 2. The predicted octanol–water partition coefficient (Wildman–Crippen LogP) is 2.94. The minimum atomic E-state index is 0.139. The molecule has 32 heavy (non-hydrogen) atoms. The number of nitrogens with zero attached hydrogens (tertiary/aromatic N) is 6. The van der Waals surface area contributed by atoms with Gasteiger partial charge in [0.15, 0.2) is 5.16 Å². The molecule has 4 rings (SSSR count). The lowest BCUT2D eigenvalue weighted by Crippen LogP contribution is -2.48. The Morgan fingerprint density at radius 1 is 0.969 bits per heavy atom. The van der Waals surface area contributed by atoms with Crippen LogP contribution in [0.2, 0.25) is 0 Å². The number of rotatable bonds is 7. The van der Waals surface area contributed by atoms with Crippen LogP contribution < -0.4 is 0 Å². The second kappa shape index (κ2) is 10.4. The fraction of sp³-hybridized carbons (Fsp3) is 0.333. The monoisotopic (exact) mass is 446 g/mol. The molecule has 8 heteroatoms. The molecular formula is C24H26N6OS. The fourth-order valence-corrected chi connectivity index (χ4v) is 4.62. The van der Waals surface area contributed by atoms with Crippen LogP contribution in [0.4, 0.5) is 0 Å². The maximum Gasteiger partial charge on any atom is 0.233 e. The highest BCUT2D eigenvalue weighted by atomic mass is 32.2. The molecule has 0 atom stereocenters. The van der Waals surface area contributed by atoms with Gasteiger partial charge in [-0.15, -0.1) is 10.2 Å². The van der Waals surface area contributed by atoms with Crippen molar-refractivity contribution in [1.29, 1.82) is 5.26 Å². The molecule has 1 aliphatic heterocycles. The highest BCUT2D eigenvalue weighted by Gasteiger charge is 2.22. The van der Waals surface area contributed by atoms with Gasteiger partial charge in [-0.05, 0) is 30.2 Å². The van der Waals surface area contributed by atoms with Gasteiger partial charge in [0.1, 0.15) is 5.82 Å².